The molecular formula is C5H10ClNO2. The monoisotopic (exact) mass is 151 g/mol. The number of aliphatic carboxylic acids is 1. The molecule has 0 aliphatic heterocycles. The van der Waals surface area contributed by atoms with Gasteiger partial charge in [-0.1, -0.05) is 6.92 Å². The summed E-state index contributed by atoms with van der Waals surface area (Å²) in [4.78, 5) is 9.02. The van der Waals surface area contributed by atoms with Crippen molar-refractivity contribution in [2.75, 3.05) is 6.54 Å². The molecular weight excluding hydrogens is 142 g/mol. The van der Waals surface area contributed by atoms with Crippen molar-refractivity contribution in [3.8, 4) is 0 Å². The number of carboxylic acid groups (broad SMARTS) is 1. The van der Waals surface area contributed by atoms with Gasteiger partial charge in [0.1, 0.15) is 0 Å². The van der Waals surface area contributed by atoms with Gasteiger partial charge in [0.25, 0.3) is 0 Å². The van der Waals surface area contributed by atoms with Crippen LogP contribution in [0.3, 0.4) is 0 Å². The Morgan fingerprint density at radius 2 is 2.33 bits per heavy atom. The standard InChI is InChI=1S/C5H10ClNO2/c1-2-5(6,3-7)4(8)9/h2-3,7H2,1H3,(H,8,9). The van der Waals surface area contributed by atoms with Crippen molar-refractivity contribution < 1.29 is 9.90 Å². The van der Waals surface area contributed by atoms with Gasteiger partial charge in [0, 0.05) is 6.54 Å². The maximum atomic E-state index is 10.3. The highest BCUT2D eigenvalue weighted by Crippen LogP contribution is 2.17. The van der Waals surface area contributed by atoms with Crippen LogP contribution in [0.15, 0.2) is 0 Å². The van der Waals surface area contributed by atoms with E-state index in [-0.39, 0.29) is 6.54 Å². The highest BCUT2D eigenvalue weighted by molar-refractivity contribution is 6.33. The van der Waals surface area contributed by atoms with Crippen molar-refractivity contribution in [1.29, 1.82) is 0 Å². The zero-order valence-corrected chi connectivity index (χ0v) is 5.98. The molecule has 0 amide bonds. The molecule has 3 nitrogen and oxygen atoms in total. The van der Waals surface area contributed by atoms with E-state index in [1.807, 2.05) is 0 Å². The van der Waals surface area contributed by atoms with E-state index < -0.39 is 10.8 Å². The number of rotatable bonds is 3. The Balaban J connectivity index is 4.09. The van der Waals surface area contributed by atoms with E-state index >= 15 is 0 Å². The molecule has 4 heteroatoms. The summed E-state index contributed by atoms with van der Waals surface area (Å²) in [7, 11) is 0. The van der Waals surface area contributed by atoms with Crippen LogP contribution in [0.2, 0.25) is 0 Å². The minimum atomic E-state index is -1.25. The van der Waals surface area contributed by atoms with Gasteiger partial charge in [0.05, 0.1) is 0 Å². The highest BCUT2D eigenvalue weighted by Gasteiger charge is 2.31. The number of nitrogens with two attached hydrogens (primary N) is 1. The summed E-state index contributed by atoms with van der Waals surface area (Å²) in [5.74, 6) is -1.05. The fourth-order valence-electron chi connectivity index (χ4n) is 0.383. The van der Waals surface area contributed by atoms with Gasteiger partial charge < -0.3 is 10.8 Å². The van der Waals surface area contributed by atoms with E-state index in [4.69, 9.17) is 22.4 Å². The second-order valence-electron chi connectivity index (χ2n) is 1.83. The predicted molar refractivity (Wildman–Crippen MR) is 35.6 cm³/mol. The summed E-state index contributed by atoms with van der Waals surface area (Å²) in [6, 6.07) is 0. The summed E-state index contributed by atoms with van der Waals surface area (Å²) in [6.07, 6.45) is 0.348. The SMILES string of the molecule is CCC(Cl)(CN)C(=O)O. The van der Waals surface area contributed by atoms with E-state index in [1.165, 1.54) is 0 Å². The van der Waals surface area contributed by atoms with Gasteiger partial charge in [-0.05, 0) is 6.42 Å². The Morgan fingerprint density at radius 1 is 1.89 bits per heavy atom. The summed E-state index contributed by atoms with van der Waals surface area (Å²) in [5, 5.41) is 8.42. The topological polar surface area (TPSA) is 63.3 Å². The van der Waals surface area contributed by atoms with E-state index in [9.17, 15) is 4.79 Å². The Kier molecular flexibility index (Phi) is 2.94. The largest absolute Gasteiger partial charge is 0.480 e. The number of alkyl halides is 1. The molecule has 9 heavy (non-hydrogen) atoms. The molecule has 0 saturated carbocycles. The summed E-state index contributed by atoms with van der Waals surface area (Å²) in [5.41, 5.74) is 5.11. The Bertz CT molecular complexity index is 112. The molecule has 0 aliphatic rings. The first-order chi connectivity index (χ1) is 4.06. The van der Waals surface area contributed by atoms with Gasteiger partial charge in [-0.2, -0.15) is 0 Å². The lowest BCUT2D eigenvalue weighted by Gasteiger charge is -2.16. The second-order valence-corrected chi connectivity index (χ2v) is 2.55. The smallest absolute Gasteiger partial charge is 0.326 e. The molecule has 1 atom stereocenters. The first kappa shape index (κ1) is 8.72. The Morgan fingerprint density at radius 3 is 2.33 bits per heavy atom. The van der Waals surface area contributed by atoms with Crippen molar-refractivity contribution in [2.45, 2.75) is 18.2 Å². The van der Waals surface area contributed by atoms with Gasteiger partial charge in [-0.25, -0.2) is 0 Å². The van der Waals surface area contributed by atoms with E-state index in [2.05, 4.69) is 0 Å². The van der Waals surface area contributed by atoms with Crippen molar-refractivity contribution in [2.24, 2.45) is 5.73 Å². The predicted octanol–water partition coefficient (Wildman–Crippen LogP) is 0.417. The first-order valence-corrected chi connectivity index (χ1v) is 3.07. The maximum absolute atomic E-state index is 10.3. The average molecular weight is 152 g/mol. The fourth-order valence-corrected chi connectivity index (χ4v) is 0.383. The lowest BCUT2D eigenvalue weighted by Crippen LogP contribution is -2.39. The zero-order valence-electron chi connectivity index (χ0n) is 5.22. The molecule has 1 unspecified atom stereocenters. The van der Waals surface area contributed by atoms with Crippen LogP contribution in [0.1, 0.15) is 13.3 Å². The number of carbonyl (C=O) groups is 1. The number of halogens is 1. The van der Waals surface area contributed by atoms with Crippen LogP contribution >= 0.6 is 11.6 Å². The summed E-state index contributed by atoms with van der Waals surface area (Å²) in [6.45, 7) is 1.66. The van der Waals surface area contributed by atoms with Crippen molar-refractivity contribution >= 4 is 17.6 Å². The van der Waals surface area contributed by atoms with Crippen LogP contribution in [0, 0.1) is 0 Å². The van der Waals surface area contributed by atoms with Gasteiger partial charge in [-0.3, -0.25) is 4.79 Å². The quantitative estimate of drug-likeness (QED) is 0.575. The molecule has 0 spiro atoms. The average Bonchev–Trinajstić information content (AvgIpc) is 1.86. The van der Waals surface area contributed by atoms with Crippen molar-refractivity contribution in [3.05, 3.63) is 0 Å². The van der Waals surface area contributed by atoms with Crippen LogP contribution in [0.25, 0.3) is 0 Å². The molecule has 0 rings (SSSR count). The lowest BCUT2D eigenvalue weighted by molar-refractivity contribution is -0.140. The molecule has 0 bridgehead atoms. The molecule has 0 aromatic heterocycles. The molecule has 0 aliphatic carbocycles. The highest BCUT2D eigenvalue weighted by atomic mass is 35.5. The third-order valence-corrected chi connectivity index (χ3v) is 1.85. The third kappa shape index (κ3) is 1.84. The molecule has 0 radical (unpaired) electrons. The summed E-state index contributed by atoms with van der Waals surface area (Å²) < 4.78 is 0. The molecule has 0 aromatic carbocycles. The Hall–Kier alpha value is -0.280. The molecule has 0 aromatic rings. The van der Waals surface area contributed by atoms with E-state index in [0.29, 0.717) is 6.42 Å². The molecule has 0 heterocycles. The third-order valence-electron chi connectivity index (χ3n) is 1.27. The lowest BCUT2D eigenvalue weighted by atomic mass is 10.1. The molecule has 0 saturated heterocycles. The van der Waals surface area contributed by atoms with Crippen LogP contribution in [-0.4, -0.2) is 22.5 Å². The molecule has 3 N–H and O–H groups in total. The Labute approximate surface area is 58.8 Å². The molecule has 54 valence electrons. The molecule has 0 fully saturated rings. The van der Waals surface area contributed by atoms with Crippen molar-refractivity contribution in [3.63, 3.8) is 0 Å². The number of hydrogen-bond donors (Lipinski definition) is 2. The first-order valence-electron chi connectivity index (χ1n) is 2.69. The van der Waals surface area contributed by atoms with E-state index in [1.54, 1.807) is 6.92 Å². The van der Waals surface area contributed by atoms with Gasteiger partial charge >= 0.3 is 5.97 Å². The van der Waals surface area contributed by atoms with Crippen LogP contribution < -0.4 is 5.73 Å². The van der Waals surface area contributed by atoms with E-state index in [0.717, 1.165) is 0 Å². The van der Waals surface area contributed by atoms with Gasteiger partial charge in [0.15, 0.2) is 4.87 Å². The normalized spacial score (nSPS) is 16.8. The fraction of sp³-hybridized carbons (Fsp3) is 0.800. The van der Waals surface area contributed by atoms with Crippen LogP contribution in [0.4, 0.5) is 0 Å². The number of carboxylic acids is 1. The minimum Gasteiger partial charge on any atom is -0.480 e. The second kappa shape index (κ2) is 3.03. The van der Waals surface area contributed by atoms with Gasteiger partial charge in [-0.15, -0.1) is 11.6 Å². The van der Waals surface area contributed by atoms with Crippen LogP contribution in [-0.2, 0) is 4.79 Å². The number of hydrogen-bond acceptors (Lipinski definition) is 2. The van der Waals surface area contributed by atoms with Crippen molar-refractivity contribution in [1.82, 2.24) is 0 Å². The van der Waals surface area contributed by atoms with Crippen LogP contribution in [0.5, 0.6) is 0 Å². The minimum absolute atomic E-state index is 0.0274. The zero-order chi connectivity index (χ0) is 7.49. The summed E-state index contributed by atoms with van der Waals surface area (Å²) >= 11 is 5.52. The van der Waals surface area contributed by atoms with Gasteiger partial charge in [0.2, 0.25) is 0 Å². The maximum Gasteiger partial charge on any atom is 0.326 e.